The van der Waals surface area contributed by atoms with E-state index in [-0.39, 0.29) is 41.9 Å². The number of sulfonamides is 1. The molecular weight excluding hydrogens is 671 g/mol. The topological polar surface area (TPSA) is 108 Å². The number of rotatable bonds is 9. The lowest BCUT2D eigenvalue weighted by Crippen LogP contribution is -2.47. The molecule has 3 aromatic carbocycles. The second-order valence-electron chi connectivity index (χ2n) is 11.5. The molecule has 49 heavy (non-hydrogen) atoms. The van der Waals surface area contributed by atoms with E-state index in [0.29, 0.717) is 49.5 Å². The van der Waals surface area contributed by atoms with Crippen LogP contribution in [0.15, 0.2) is 83.8 Å². The first kappa shape index (κ1) is 34.0. The third-order valence-electron chi connectivity index (χ3n) is 8.26. The maximum absolute atomic E-state index is 14.4. The molecule has 0 saturated carbocycles. The minimum atomic E-state index is -4.90. The van der Waals surface area contributed by atoms with Crippen molar-refractivity contribution in [1.82, 2.24) is 19.6 Å². The summed E-state index contributed by atoms with van der Waals surface area (Å²) in [6.45, 7) is 1.65. The number of amides is 1. The van der Waals surface area contributed by atoms with Crippen LogP contribution in [-0.2, 0) is 21.4 Å². The van der Waals surface area contributed by atoms with Gasteiger partial charge in [0.05, 0.1) is 28.5 Å². The molecule has 0 aliphatic carbocycles. The van der Waals surface area contributed by atoms with Gasteiger partial charge in [0.2, 0.25) is 21.9 Å². The van der Waals surface area contributed by atoms with Gasteiger partial charge in [0, 0.05) is 38.3 Å². The molecule has 258 valence electrons. The van der Waals surface area contributed by atoms with Crippen molar-refractivity contribution in [2.24, 2.45) is 0 Å². The van der Waals surface area contributed by atoms with E-state index in [9.17, 15) is 35.2 Å². The minimum Gasteiger partial charge on any atom is -0.406 e. The van der Waals surface area contributed by atoms with E-state index in [4.69, 9.17) is 0 Å². The quantitative estimate of drug-likeness (QED) is 0.240. The fourth-order valence-corrected chi connectivity index (χ4v) is 7.56. The normalized spacial score (nSPS) is 17.3. The highest BCUT2D eigenvalue weighted by Gasteiger charge is 2.39. The maximum Gasteiger partial charge on any atom is 0.573 e. The van der Waals surface area contributed by atoms with Gasteiger partial charge in [0.25, 0.3) is 0 Å². The number of nitrogens with zero attached hydrogens (tertiary/aromatic N) is 5. The van der Waals surface area contributed by atoms with Crippen molar-refractivity contribution in [3.8, 4) is 17.0 Å². The highest BCUT2D eigenvalue weighted by Crippen LogP contribution is 2.30. The smallest absolute Gasteiger partial charge is 0.406 e. The lowest BCUT2D eigenvalue weighted by atomic mass is 10.1. The van der Waals surface area contributed by atoms with Crippen molar-refractivity contribution in [1.29, 1.82) is 0 Å². The van der Waals surface area contributed by atoms with Crippen LogP contribution in [0.3, 0.4) is 0 Å². The highest BCUT2D eigenvalue weighted by molar-refractivity contribution is 7.89. The molecule has 1 aromatic heterocycles. The number of hydrogen-bond donors (Lipinski definition) is 1. The molecule has 3 heterocycles. The molecule has 0 bridgehead atoms. The van der Waals surface area contributed by atoms with Crippen LogP contribution in [0.25, 0.3) is 11.3 Å². The summed E-state index contributed by atoms with van der Waals surface area (Å²) >= 11 is 0. The fourth-order valence-electron chi connectivity index (χ4n) is 5.90. The molecular formula is C33H31F5N6O4S. The second kappa shape index (κ2) is 14.0. The summed E-state index contributed by atoms with van der Waals surface area (Å²) in [4.78, 5) is 26.3. The lowest BCUT2D eigenvalue weighted by molar-refractivity contribution is -0.274. The van der Waals surface area contributed by atoms with Crippen molar-refractivity contribution in [3.05, 3.63) is 96.2 Å². The van der Waals surface area contributed by atoms with Crippen molar-refractivity contribution in [2.45, 2.75) is 36.7 Å². The van der Waals surface area contributed by atoms with Gasteiger partial charge in [-0.2, -0.15) is 4.31 Å². The Bertz CT molecular complexity index is 1920. The Morgan fingerprint density at radius 1 is 0.878 bits per heavy atom. The Labute approximate surface area is 279 Å². The summed E-state index contributed by atoms with van der Waals surface area (Å²) < 4.78 is 98.5. The SMILES string of the molecule is O=C(NCc1cc(-c2cccc(OC(F)(F)F)c2)nc(N2CCN(c3ccccc3F)CC2)n1)[C@@H]1CCCN1S(=O)(=O)c1ccc(F)cc1. The van der Waals surface area contributed by atoms with Gasteiger partial charge in [0.1, 0.15) is 23.4 Å². The zero-order valence-corrected chi connectivity index (χ0v) is 26.7. The zero-order valence-electron chi connectivity index (χ0n) is 25.9. The van der Waals surface area contributed by atoms with Crippen LogP contribution in [0.4, 0.5) is 33.6 Å². The third-order valence-corrected chi connectivity index (χ3v) is 10.2. The fraction of sp³-hybridized carbons (Fsp3) is 0.303. The first-order valence-electron chi connectivity index (χ1n) is 15.4. The van der Waals surface area contributed by atoms with Gasteiger partial charge in [0.15, 0.2) is 0 Å². The third kappa shape index (κ3) is 7.91. The Morgan fingerprint density at radius 3 is 2.31 bits per heavy atom. The lowest BCUT2D eigenvalue weighted by Gasteiger charge is -2.36. The van der Waals surface area contributed by atoms with Gasteiger partial charge in [-0.05, 0) is 67.4 Å². The number of ether oxygens (including phenoxy) is 1. The molecule has 2 aliphatic heterocycles. The average Bonchev–Trinajstić information content (AvgIpc) is 3.59. The van der Waals surface area contributed by atoms with E-state index in [1.807, 2.05) is 9.80 Å². The van der Waals surface area contributed by atoms with Crippen LogP contribution in [0, 0.1) is 11.6 Å². The number of aromatic nitrogens is 2. The molecule has 1 amide bonds. The molecule has 2 saturated heterocycles. The Morgan fingerprint density at radius 2 is 1.59 bits per heavy atom. The predicted octanol–water partition coefficient (Wildman–Crippen LogP) is 5.12. The zero-order chi connectivity index (χ0) is 34.8. The highest BCUT2D eigenvalue weighted by atomic mass is 32.2. The average molecular weight is 703 g/mol. The van der Waals surface area contributed by atoms with Crippen LogP contribution in [0.1, 0.15) is 18.5 Å². The number of halogens is 5. The molecule has 1 atom stereocenters. The number of hydrogen-bond acceptors (Lipinski definition) is 8. The van der Waals surface area contributed by atoms with Crippen molar-refractivity contribution >= 4 is 27.6 Å². The minimum absolute atomic E-state index is 0.106. The molecule has 0 spiro atoms. The molecule has 16 heteroatoms. The predicted molar refractivity (Wildman–Crippen MR) is 170 cm³/mol. The monoisotopic (exact) mass is 702 g/mol. The Hall–Kier alpha value is -4.83. The van der Waals surface area contributed by atoms with Crippen molar-refractivity contribution in [3.63, 3.8) is 0 Å². The number of anilines is 2. The van der Waals surface area contributed by atoms with Crippen LogP contribution in [-0.4, -0.2) is 73.7 Å². The van der Waals surface area contributed by atoms with Crippen LogP contribution >= 0.6 is 0 Å². The number of alkyl halides is 3. The molecule has 2 aliphatic rings. The number of carbonyl (C=O) groups excluding carboxylic acids is 1. The molecule has 1 N–H and O–H groups in total. The Kier molecular flexibility index (Phi) is 9.70. The molecule has 6 rings (SSSR count). The summed E-state index contributed by atoms with van der Waals surface area (Å²) in [7, 11) is -4.09. The van der Waals surface area contributed by atoms with Crippen LogP contribution in [0.2, 0.25) is 0 Å². The first-order chi connectivity index (χ1) is 23.4. The Balaban J connectivity index is 1.23. The summed E-state index contributed by atoms with van der Waals surface area (Å²) in [6, 6.07) is 16.6. The van der Waals surface area contributed by atoms with E-state index in [2.05, 4.69) is 20.0 Å². The van der Waals surface area contributed by atoms with E-state index >= 15 is 0 Å². The van der Waals surface area contributed by atoms with Crippen molar-refractivity contribution < 1.29 is 39.9 Å². The standard InChI is InChI=1S/C33H31F5N6O4S/c34-23-10-12-26(13-11-23)49(46,47)44-14-4-9-30(44)31(45)39-21-24-20-28(22-5-3-6-25(19-22)48-33(36,37)38)41-32(40-24)43-17-15-42(16-18-43)29-8-2-1-7-27(29)35/h1-3,5-8,10-13,19-20,30H,4,9,14-18,21H2,(H,39,45)/t30-/m0/s1. The number of benzene rings is 3. The van der Waals surface area contributed by atoms with Gasteiger partial charge in [-0.3, -0.25) is 4.79 Å². The van der Waals surface area contributed by atoms with E-state index in [0.717, 1.165) is 34.6 Å². The van der Waals surface area contributed by atoms with Gasteiger partial charge >= 0.3 is 6.36 Å². The summed E-state index contributed by atoms with van der Waals surface area (Å²) in [5, 5.41) is 2.75. The van der Waals surface area contributed by atoms with E-state index in [1.54, 1.807) is 24.3 Å². The summed E-state index contributed by atoms with van der Waals surface area (Å²) in [5.74, 6) is -1.70. The number of piperazine rings is 1. The molecule has 4 aromatic rings. The first-order valence-corrected chi connectivity index (χ1v) is 16.8. The number of carbonyl (C=O) groups is 1. The molecule has 0 radical (unpaired) electrons. The van der Waals surface area contributed by atoms with Gasteiger partial charge in [-0.1, -0.05) is 24.3 Å². The van der Waals surface area contributed by atoms with Crippen LogP contribution in [0.5, 0.6) is 5.75 Å². The largest absolute Gasteiger partial charge is 0.573 e. The van der Waals surface area contributed by atoms with E-state index in [1.165, 1.54) is 24.3 Å². The van der Waals surface area contributed by atoms with Crippen molar-refractivity contribution in [2.75, 3.05) is 42.5 Å². The van der Waals surface area contributed by atoms with Crippen LogP contribution < -0.4 is 19.9 Å². The van der Waals surface area contributed by atoms with Gasteiger partial charge in [-0.25, -0.2) is 27.2 Å². The molecule has 10 nitrogen and oxygen atoms in total. The van der Waals surface area contributed by atoms with E-state index < -0.39 is 39.9 Å². The number of para-hydroxylation sites is 1. The van der Waals surface area contributed by atoms with Gasteiger partial charge < -0.3 is 19.9 Å². The number of nitrogens with one attached hydrogen (secondary N) is 1. The molecule has 0 unspecified atom stereocenters. The summed E-state index contributed by atoms with van der Waals surface area (Å²) in [5.41, 5.74) is 1.34. The second-order valence-corrected chi connectivity index (χ2v) is 13.4. The molecule has 2 fully saturated rings. The summed E-state index contributed by atoms with van der Waals surface area (Å²) in [6.07, 6.45) is -4.19. The van der Waals surface area contributed by atoms with Gasteiger partial charge in [-0.15, -0.1) is 13.2 Å². The maximum atomic E-state index is 14.4.